The quantitative estimate of drug-likeness (QED) is 0.252. The lowest BCUT2D eigenvalue weighted by atomic mass is 10.1. The SMILES string of the molecule is CCCOCCOCc1ccc(C(=O)OC)cc1C.COC(=O)c1ccc(COCCOCCO)c(C)c1. The Bertz CT molecular complexity index is 882. The predicted molar refractivity (Wildman–Crippen MR) is 143 cm³/mol. The summed E-state index contributed by atoms with van der Waals surface area (Å²) >= 11 is 0. The summed E-state index contributed by atoms with van der Waals surface area (Å²) in [6.07, 6.45) is 1.02. The molecule has 2 aromatic carbocycles. The lowest BCUT2D eigenvalue weighted by Gasteiger charge is -2.09. The first-order valence-corrected chi connectivity index (χ1v) is 12.6. The molecule has 0 fully saturated rings. The van der Waals surface area contributed by atoms with Crippen molar-refractivity contribution in [2.75, 3.05) is 60.5 Å². The number of hydrogen-bond donors (Lipinski definition) is 1. The minimum atomic E-state index is -0.340. The molecule has 212 valence electrons. The molecule has 0 saturated carbocycles. The molecular formula is C29H42O9. The first kappa shape index (κ1) is 33.2. The molecule has 38 heavy (non-hydrogen) atoms. The Labute approximate surface area is 225 Å². The molecule has 0 heterocycles. The monoisotopic (exact) mass is 534 g/mol. The highest BCUT2D eigenvalue weighted by molar-refractivity contribution is 5.90. The van der Waals surface area contributed by atoms with E-state index in [0.29, 0.717) is 57.4 Å². The van der Waals surface area contributed by atoms with Crippen LogP contribution in [0.2, 0.25) is 0 Å². The van der Waals surface area contributed by atoms with Crippen molar-refractivity contribution in [2.45, 2.75) is 40.4 Å². The molecule has 2 rings (SSSR count). The van der Waals surface area contributed by atoms with E-state index in [4.69, 9.17) is 24.1 Å². The zero-order valence-electron chi connectivity index (χ0n) is 23.2. The predicted octanol–water partition coefficient (Wildman–Crippen LogP) is 4.03. The summed E-state index contributed by atoms with van der Waals surface area (Å²) in [7, 11) is 2.74. The summed E-state index contributed by atoms with van der Waals surface area (Å²) in [6, 6.07) is 10.8. The number of aliphatic hydroxyl groups excluding tert-OH is 1. The smallest absolute Gasteiger partial charge is 0.337 e. The maximum Gasteiger partial charge on any atom is 0.337 e. The van der Waals surface area contributed by atoms with Gasteiger partial charge in [-0.3, -0.25) is 0 Å². The maximum atomic E-state index is 11.4. The number of benzene rings is 2. The molecule has 0 bridgehead atoms. The highest BCUT2D eigenvalue weighted by Crippen LogP contribution is 2.14. The van der Waals surface area contributed by atoms with Gasteiger partial charge in [0.1, 0.15) is 0 Å². The van der Waals surface area contributed by atoms with Crippen LogP contribution in [-0.4, -0.2) is 77.5 Å². The summed E-state index contributed by atoms with van der Waals surface area (Å²) in [5, 5.41) is 8.52. The van der Waals surface area contributed by atoms with Crippen molar-refractivity contribution in [2.24, 2.45) is 0 Å². The molecule has 0 spiro atoms. The third-order valence-electron chi connectivity index (χ3n) is 5.37. The Balaban J connectivity index is 0.000000380. The van der Waals surface area contributed by atoms with Crippen LogP contribution in [0.4, 0.5) is 0 Å². The molecule has 0 unspecified atom stereocenters. The summed E-state index contributed by atoms with van der Waals surface area (Å²) in [6.45, 7) is 10.2. The number of hydrogen-bond acceptors (Lipinski definition) is 9. The largest absolute Gasteiger partial charge is 0.465 e. The number of esters is 2. The second kappa shape index (κ2) is 20.2. The second-order valence-corrected chi connectivity index (χ2v) is 8.32. The average molecular weight is 535 g/mol. The summed E-state index contributed by atoms with van der Waals surface area (Å²) in [5.74, 6) is -0.656. The van der Waals surface area contributed by atoms with Crippen LogP contribution in [0.5, 0.6) is 0 Å². The summed E-state index contributed by atoms with van der Waals surface area (Å²) in [5.41, 5.74) is 5.21. The van der Waals surface area contributed by atoms with Gasteiger partial charge >= 0.3 is 11.9 Å². The zero-order chi connectivity index (χ0) is 28.2. The Morgan fingerprint density at radius 3 is 1.45 bits per heavy atom. The van der Waals surface area contributed by atoms with E-state index in [2.05, 4.69) is 16.4 Å². The fourth-order valence-electron chi connectivity index (χ4n) is 3.22. The Hall–Kier alpha value is -2.82. The molecule has 0 saturated heterocycles. The van der Waals surface area contributed by atoms with Gasteiger partial charge in [-0.2, -0.15) is 0 Å². The van der Waals surface area contributed by atoms with Gasteiger partial charge < -0.3 is 33.5 Å². The molecular weight excluding hydrogens is 492 g/mol. The van der Waals surface area contributed by atoms with E-state index in [1.54, 1.807) is 18.2 Å². The van der Waals surface area contributed by atoms with Gasteiger partial charge in [0.15, 0.2) is 0 Å². The summed E-state index contributed by atoms with van der Waals surface area (Å²) in [4.78, 5) is 22.7. The molecule has 0 aliphatic carbocycles. The van der Waals surface area contributed by atoms with Crippen LogP contribution in [-0.2, 0) is 41.6 Å². The molecule has 0 amide bonds. The van der Waals surface area contributed by atoms with Crippen molar-refractivity contribution in [3.8, 4) is 0 Å². The van der Waals surface area contributed by atoms with E-state index in [1.807, 2.05) is 32.0 Å². The molecule has 0 aliphatic heterocycles. The van der Waals surface area contributed by atoms with Crippen LogP contribution < -0.4 is 0 Å². The van der Waals surface area contributed by atoms with Crippen LogP contribution >= 0.6 is 0 Å². The minimum absolute atomic E-state index is 0.0219. The van der Waals surface area contributed by atoms with E-state index in [0.717, 1.165) is 35.3 Å². The van der Waals surface area contributed by atoms with Crippen molar-refractivity contribution in [1.29, 1.82) is 0 Å². The van der Waals surface area contributed by atoms with Gasteiger partial charge in [-0.1, -0.05) is 19.1 Å². The van der Waals surface area contributed by atoms with Crippen LogP contribution in [0, 0.1) is 13.8 Å². The van der Waals surface area contributed by atoms with Crippen molar-refractivity contribution in [1.82, 2.24) is 0 Å². The van der Waals surface area contributed by atoms with E-state index < -0.39 is 0 Å². The zero-order valence-corrected chi connectivity index (χ0v) is 23.2. The van der Waals surface area contributed by atoms with Crippen LogP contribution in [0.25, 0.3) is 0 Å². The molecule has 1 N–H and O–H groups in total. The van der Waals surface area contributed by atoms with Gasteiger partial charge in [0.05, 0.1) is 78.2 Å². The minimum Gasteiger partial charge on any atom is -0.465 e. The first-order chi connectivity index (χ1) is 18.4. The first-order valence-electron chi connectivity index (χ1n) is 12.6. The van der Waals surface area contributed by atoms with Crippen molar-refractivity contribution in [3.05, 3.63) is 69.8 Å². The van der Waals surface area contributed by atoms with Gasteiger partial charge in [-0.25, -0.2) is 9.59 Å². The number of carbonyl (C=O) groups excluding carboxylic acids is 2. The lowest BCUT2D eigenvalue weighted by Crippen LogP contribution is -2.08. The number of ether oxygens (including phenoxy) is 6. The van der Waals surface area contributed by atoms with Gasteiger partial charge in [-0.15, -0.1) is 0 Å². The van der Waals surface area contributed by atoms with Gasteiger partial charge in [-0.05, 0) is 66.8 Å². The molecule has 9 nitrogen and oxygen atoms in total. The molecule has 2 aromatic rings. The fraction of sp³-hybridized carbons (Fsp3) is 0.517. The Morgan fingerprint density at radius 1 is 0.658 bits per heavy atom. The van der Waals surface area contributed by atoms with Crippen molar-refractivity contribution in [3.63, 3.8) is 0 Å². The van der Waals surface area contributed by atoms with E-state index in [-0.39, 0.29) is 18.5 Å². The standard InChI is InChI=1S/C15H22O4.C14H20O5/c1-4-7-18-8-9-19-11-14-6-5-13(10-12(14)2)15(16)17-3;1-11-9-12(14(16)17-2)3-4-13(11)10-19-8-7-18-6-5-15/h5-6,10H,4,7-9,11H2,1-3H3;3-4,9,15H,5-8,10H2,1-2H3. The van der Waals surface area contributed by atoms with E-state index >= 15 is 0 Å². The topological polar surface area (TPSA) is 110 Å². The highest BCUT2D eigenvalue weighted by Gasteiger charge is 2.08. The van der Waals surface area contributed by atoms with Gasteiger partial charge in [0.2, 0.25) is 0 Å². The molecule has 0 atom stereocenters. The lowest BCUT2D eigenvalue weighted by molar-refractivity contribution is 0.0273. The van der Waals surface area contributed by atoms with Crippen molar-refractivity contribution >= 4 is 11.9 Å². The van der Waals surface area contributed by atoms with Crippen LogP contribution in [0.1, 0.15) is 56.3 Å². The molecule has 9 heteroatoms. The highest BCUT2D eigenvalue weighted by atomic mass is 16.5. The van der Waals surface area contributed by atoms with Gasteiger partial charge in [0, 0.05) is 6.61 Å². The maximum absolute atomic E-state index is 11.4. The fourth-order valence-corrected chi connectivity index (χ4v) is 3.22. The van der Waals surface area contributed by atoms with Crippen LogP contribution in [0.15, 0.2) is 36.4 Å². The van der Waals surface area contributed by atoms with E-state index in [1.165, 1.54) is 14.2 Å². The van der Waals surface area contributed by atoms with E-state index in [9.17, 15) is 9.59 Å². The average Bonchev–Trinajstić information content (AvgIpc) is 2.93. The number of methoxy groups -OCH3 is 2. The third-order valence-corrected chi connectivity index (χ3v) is 5.37. The molecule has 0 radical (unpaired) electrons. The molecule has 0 aliphatic rings. The summed E-state index contributed by atoms with van der Waals surface area (Å²) < 4.78 is 30.7. The number of rotatable bonds is 16. The third kappa shape index (κ3) is 13.1. The number of carbonyl (C=O) groups is 2. The Morgan fingerprint density at radius 2 is 1.08 bits per heavy atom. The Kier molecular flexibility index (Phi) is 17.6. The number of aryl methyl sites for hydroxylation is 2. The van der Waals surface area contributed by atoms with Crippen LogP contribution in [0.3, 0.4) is 0 Å². The second-order valence-electron chi connectivity index (χ2n) is 8.32. The number of aliphatic hydroxyl groups is 1. The van der Waals surface area contributed by atoms with Crippen molar-refractivity contribution < 1.29 is 43.1 Å². The normalized spacial score (nSPS) is 10.5. The molecule has 0 aromatic heterocycles. The van der Waals surface area contributed by atoms with Gasteiger partial charge in [0.25, 0.3) is 0 Å².